The van der Waals surface area contributed by atoms with Crippen LogP contribution in [0.15, 0.2) is 9.94 Å². The first-order valence-electron chi connectivity index (χ1n) is 6.48. The van der Waals surface area contributed by atoms with Crippen molar-refractivity contribution >= 4 is 21.6 Å². The molecule has 0 aromatic heterocycles. The third-order valence-corrected chi connectivity index (χ3v) is 6.73. The van der Waals surface area contributed by atoms with Gasteiger partial charge in [-0.05, 0) is 20.9 Å². The first-order chi connectivity index (χ1) is 8.79. The van der Waals surface area contributed by atoms with E-state index in [1.165, 1.54) is 4.31 Å². The van der Waals surface area contributed by atoms with Crippen molar-refractivity contribution < 1.29 is 13.2 Å². The van der Waals surface area contributed by atoms with Gasteiger partial charge in [0, 0.05) is 37.5 Å². The van der Waals surface area contributed by atoms with Gasteiger partial charge >= 0.3 is 0 Å². The normalized spacial score (nSPS) is 26.7. The van der Waals surface area contributed by atoms with E-state index in [4.69, 9.17) is 16.3 Å². The molecule has 2 rings (SSSR count). The maximum absolute atomic E-state index is 12.3. The molecule has 0 aliphatic carbocycles. The van der Waals surface area contributed by atoms with Crippen LogP contribution in [0.2, 0.25) is 0 Å². The summed E-state index contributed by atoms with van der Waals surface area (Å²) >= 11 is 5.82. The van der Waals surface area contributed by atoms with Crippen LogP contribution >= 0.6 is 11.6 Å². The number of halogens is 1. The van der Waals surface area contributed by atoms with Crippen molar-refractivity contribution in [2.75, 3.05) is 33.3 Å². The standard InChI is InChI=1S/C12H21ClN2O3S/c1-10(13)11(2)19(16,17)15-6-4-12(5-7-15)14(3)8-9-18-12/h4-9H2,1-3H3. The van der Waals surface area contributed by atoms with Crippen LogP contribution in [0.4, 0.5) is 0 Å². The molecule has 110 valence electrons. The largest absolute Gasteiger partial charge is 0.359 e. The second-order valence-electron chi connectivity index (χ2n) is 5.21. The summed E-state index contributed by atoms with van der Waals surface area (Å²) in [5, 5.41) is 0.328. The molecule has 0 aromatic rings. The summed E-state index contributed by atoms with van der Waals surface area (Å²) in [7, 11) is -1.39. The molecule has 19 heavy (non-hydrogen) atoms. The first kappa shape index (κ1) is 15.3. The van der Waals surface area contributed by atoms with Gasteiger partial charge in [-0.3, -0.25) is 4.90 Å². The minimum Gasteiger partial charge on any atom is -0.359 e. The second-order valence-corrected chi connectivity index (χ2v) is 7.86. The van der Waals surface area contributed by atoms with E-state index in [-0.39, 0.29) is 10.6 Å². The van der Waals surface area contributed by atoms with Gasteiger partial charge in [0.2, 0.25) is 10.0 Å². The molecule has 0 radical (unpaired) electrons. The maximum atomic E-state index is 12.3. The van der Waals surface area contributed by atoms with Crippen molar-refractivity contribution in [3.05, 3.63) is 9.94 Å². The lowest BCUT2D eigenvalue weighted by Gasteiger charge is -2.41. The van der Waals surface area contributed by atoms with E-state index in [1.54, 1.807) is 13.8 Å². The molecular formula is C12H21ClN2O3S. The highest BCUT2D eigenvalue weighted by atomic mass is 35.5. The lowest BCUT2D eigenvalue weighted by atomic mass is 10.0. The third kappa shape index (κ3) is 2.69. The fourth-order valence-corrected chi connectivity index (χ4v) is 4.36. The highest BCUT2D eigenvalue weighted by molar-refractivity contribution is 7.93. The summed E-state index contributed by atoms with van der Waals surface area (Å²) in [5.74, 6) is 0. The maximum Gasteiger partial charge on any atom is 0.240 e. The Bertz CT molecular complexity index is 477. The molecule has 0 atom stereocenters. The number of hydrogen-bond acceptors (Lipinski definition) is 4. The summed E-state index contributed by atoms with van der Waals surface area (Å²) < 4.78 is 32.0. The Balaban J connectivity index is 2.11. The SMILES string of the molecule is CC(Cl)=C(C)S(=O)(=O)N1CCC2(CC1)OCCN2C. The summed E-state index contributed by atoms with van der Waals surface area (Å²) in [6.45, 7) is 5.76. The fourth-order valence-electron chi connectivity index (χ4n) is 2.66. The average molecular weight is 309 g/mol. The lowest BCUT2D eigenvalue weighted by molar-refractivity contribution is -0.102. The molecule has 0 bridgehead atoms. The van der Waals surface area contributed by atoms with E-state index in [2.05, 4.69) is 4.90 Å². The van der Waals surface area contributed by atoms with Crippen molar-refractivity contribution in [3.8, 4) is 0 Å². The molecule has 0 amide bonds. The zero-order valence-electron chi connectivity index (χ0n) is 11.6. The van der Waals surface area contributed by atoms with Crippen LogP contribution in [0.25, 0.3) is 0 Å². The van der Waals surface area contributed by atoms with Gasteiger partial charge in [0.1, 0.15) is 5.72 Å². The summed E-state index contributed by atoms with van der Waals surface area (Å²) in [6.07, 6.45) is 1.41. The lowest BCUT2D eigenvalue weighted by Crippen LogP contribution is -2.52. The minimum absolute atomic E-state index is 0.241. The van der Waals surface area contributed by atoms with Crippen LogP contribution in [0.1, 0.15) is 26.7 Å². The molecule has 2 fully saturated rings. The Labute approximate surface area is 120 Å². The third-order valence-electron chi connectivity index (χ3n) is 4.21. The molecule has 2 aliphatic rings. The number of sulfonamides is 1. The number of allylic oxidation sites excluding steroid dienone is 2. The fraction of sp³-hybridized carbons (Fsp3) is 0.833. The predicted molar refractivity (Wildman–Crippen MR) is 75.3 cm³/mol. The van der Waals surface area contributed by atoms with E-state index in [0.717, 1.165) is 13.2 Å². The molecule has 0 aromatic carbocycles. The van der Waals surface area contributed by atoms with Gasteiger partial charge in [-0.25, -0.2) is 8.42 Å². The molecule has 0 unspecified atom stereocenters. The Hall–Kier alpha value is -0.140. The van der Waals surface area contributed by atoms with Crippen LogP contribution in [0, 0.1) is 0 Å². The monoisotopic (exact) mass is 308 g/mol. The van der Waals surface area contributed by atoms with Crippen LogP contribution < -0.4 is 0 Å². The van der Waals surface area contributed by atoms with Crippen molar-refractivity contribution in [1.82, 2.24) is 9.21 Å². The number of nitrogens with zero attached hydrogens (tertiary/aromatic N) is 2. The van der Waals surface area contributed by atoms with Crippen molar-refractivity contribution in [2.24, 2.45) is 0 Å². The quantitative estimate of drug-likeness (QED) is 0.777. The zero-order chi connectivity index (χ0) is 14.3. The molecule has 1 spiro atoms. The van der Waals surface area contributed by atoms with E-state index in [1.807, 2.05) is 7.05 Å². The van der Waals surface area contributed by atoms with Gasteiger partial charge in [-0.2, -0.15) is 4.31 Å². The molecular weight excluding hydrogens is 288 g/mol. The molecule has 2 aliphatic heterocycles. The predicted octanol–water partition coefficient (Wildman–Crippen LogP) is 1.56. The number of piperidine rings is 1. The van der Waals surface area contributed by atoms with Crippen molar-refractivity contribution in [2.45, 2.75) is 32.4 Å². The highest BCUT2D eigenvalue weighted by Crippen LogP contribution is 2.34. The molecule has 0 saturated carbocycles. The van der Waals surface area contributed by atoms with Gasteiger partial charge in [-0.1, -0.05) is 11.6 Å². The first-order valence-corrected chi connectivity index (χ1v) is 8.30. The number of hydrogen-bond donors (Lipinski definition) is 0. The van der Waals surface area contributed by atoms with Crippen LogP contribution in [0.3, 0.4) is 0 Å². The van der Waals surface area contributed by atoms with Crippen molar-refractivity contribution in [3.63, 3.8) is 0 Å². The summed E-state index contributed by atoms with van der Waals surface area (Å²) in [5.41, 5.74) is -0.264. The van der Waals surface area contributed by atoms with E-state index in [0.29, 0.717) is 31.0 Å². The van der Waals surface area contributed by atoms with E-state index in [9.17, 15) is 8.42 Å². The molecule has 0 N–H and O–H groups in total. The Morgan fingerprint density at radius 1 is 1.21 bits per heavy atom. The highest BCUT2D eigenvalue weighted by Gasteiger charge is 2.44. The number of likely N-dealkylation sites (N-methyl/N-ethyl adjacent to an activating group) is 1. The second kappa shape index (κ2) is 5.33. The van der Waals surface area contributed by atoms with Gasteiger partial charge in [0.05, 0.1) is 11.5 Å². The topological polar surface area (TPSA) is 49.9 Å². The van der Waals surface area contributed by atoms with Crippen LogP contribution in [-0.2, 0) is 14.8 Å². The molecule has 5 nitrogen and oxygen atoms in total. The van der Waals surface area contributed by atoms with E-state index >= 15 is 0 Å². The average Bonchev–Trinajstić information content (AvgIpc) is 2.70. The Morgan fingerprint density at radius 3 is 2.21 bits per heavy atom. The van der Waals surface area contributed by atoms with Gasteiger partial charge in [-0.15, -0.1) is 0 Å². The molecule has 2 saturated heterocycles. The van der Waals surface area contributed by atoms with E-state index < -0.39 is 10.0 Å². The molecule has 7 heteroatoms. The Morgan fingerprint density at radius 2 is 1.79 bits per heavy atom. The Kier molecular flexibility index (Phi) is 4.28. The summed E-state index contributed by atoms with van der Waals surface area (Å²) in [6, 6.07) is 0. The smallest absolute Gasteiger partial charge is 0.240 e. The van der Waals surface area contributed by atoms with Gasteiger partial charge < -0.3 is 4.74 Å². The number of ether oxygens (including phenoxy) is 1. The van der Waals surface area contributed by atoms with Gasteiger partial charge in [0.25, 0.3) is 0 Å². The zero-order valence-corrected chi connectivity index (χ0v) is 13.2. The molecule has 2 heterocycles. The van der Waals surface area contributed by atoms with Crippen molar-refractivity contribution in [1.29, 1.82) is 0 Å². The van der Waals surface area contributed by atoms with Crippen LogP contribution in [0.5, 0.6) is 0 Å². The summed E-state index contributed by atoms with van der Waals surface area (Å²) in [4.78, 5) is 2.43. The number of rotatable bonds is 2. The van der Waals surface area contributed by atoms with Crippen LogP contribution in [-0.4, -0.2) is 56.6 Å². The van der Waals surface area contributed by atoms with Gasteiger partial charge in [0.15, 0.2) is 0 Å². The minimum atomic E-state index is -3.42.